The second-order valence-electron chi connectivity index (χ2n) is 3.82. The highest BCUT2D eigenvalue weighted by Crippen LogP contribution is 2.18. The first-order chi connectivity index (χ1) is 8.58. The van der Waals surface area contributed by atoms with Gasteiger partial charge in [-0.3, -0.25) is 5.43 Å². The zero-order chi connectivity index (χ0) is 13.5. The van der Waals surface area contributed by atoms with Crippen molar-refractivity contribution in [1.82, 2.24) is 10.3 Å². The Labute approximate surface area is 106 Å². The first-order valence-corrected chi connectivity index (χ1v) is 5.71. The number of likely N-dealkylation sites (N-methyl/N-ethyl adjacent to an activating group) is 1. The summed E-state index contributed by atoms with van der Waals surface area (Å²) >= 11 is 0. The van der Waals surface area contributed by atoms with Crippen molar-refractivity contribution >= 4 is 6.03 Å². The number of hydrogen-bond acceptors (Lipinski definition) is 3. The molecule has 2 amide bonds. The SMILES string of the molecule is CCOc1ccc(CCN(C)C(=O)NN)cc1F. The van der Waals surface area contributed by atoms with E-state index in [2.05, 4.69) is 0 Å². The summed E-state index contributed by atoms with van der Waals surface area (Å²) < 4.78 is 18.7. The number of hydrazine groups is 1. The minimum absolute atomic E-state index is 0.245. The van der Waals surface area contributed by atoms with Crippen LogP contribution in [0.25, 0.3) is 0 Å². The number of carbonyl (C=O) groups excluding carboxylic acids is 1. The van der Waals surface area contributed by atoms with Crippen molar-refractivity contribution in [2.45, 2.75) is 13.3 Å². The number of amides is 2. The number of nitrogens with two attached hydrogens (primary N) is 1. The molecule has 0 aliphatic heterocycles. The summed E-state index contributed by atoms with van der Waals surface area (Å²) in [6.07, 6.45) is 0.549. The summed E-state index contributed by atoms with van der Waals surface area (Å²) in [5, 5.41) is 0. The Kier molecular flexibility index (Phi) is 5.38. The molecule has 3 N–H and O–H groups in total. The molecule has 1 aromatic rings. The van der Waals surface area contributed by atoms with Gasteiger partial charge in [0.1, 0.15) is 0 Å². The van der Waals surface area contributed by atoms with Gasteiger partial charge in [0, 0.05) is 13.6 Å². The summed E-state index contributed by atoms with van der Waals surface area (Å²) in [7, 11) is 1.62. The summed E-state index contributed by atoms with van der Waals surface area (Å²) in [6, 6.07) is 4.42. The Balaban J connectivity index is 2.58. The Morgan fingerprint density at radius 2 is 2.28 bits per heavy atom. The van der Waals surface area contributed by atoms with E-state index in [1.807, 2.05) is 5.43 Å². The monoisotopic (exact) mass is 255 g/mol. The van der Waals surface area contributed by atoms with Crippen LogP contribution in [0, 0.1) is 5.82 Å². The third-order valence-corrected chi connectivity index (χ3v) is 2.50. The van der Waals surface area contributed by atoms with E-state index in [4.69, 9.17) is 10.6 Å². The molecule has 0 unspecified atom stereocenters. The fourth-order valence-corrected chi connectivity index (χ4v) is 1.48. The quantitative estimate of drug-likeness (QED) is 0.473. The number of nitrogens with zero attached hydrogens (tertiary/aromatic N) is 1. The molecule has 6 heteroatoms. The van der Waals surface area contributed by atoms with Crippen molar-refractivity contribution in [3.05, 3.63) is 29.6 Å². The molecule has 0 spiro atoms. The van der Waals surface area contributed by atoms with E-state index >= 15 is 0 Å². The largest absolute Gasteiger partial charge is 0.491 e. The molecule has 0 saturated heterocycles. The lowest BCUT2D eigenvalue weighted by Crippen LogP contribution is -2.41. The lowest BCUT2D eigenvalue weighted by Gasteiger charge is -2.16. The zero-order valence-corrected chi connectivity index (χ0v) is 10.6. The lowest BCUT2D eigenvalue weighted by molar-refractivity contribution is 0.209. The van der Waals surface area contributed by atoms with Gasteiger partial charge in [0.05, 0.1) is 6.61 Å². The van der Waals surface area contributed by atoms with Crippen LogP contribution >= 0.6 is 0 Å². The van der Waals surface area contributed by atoms with Gasteiger partial charge < -0.3 is 9.64 Å². The molecular formula is C12H18FN3O2. The molecule has 1 aromatic carbocycles. The Morgan fingerprint density at radius 3 is 2.83 bits per heavy atom. The highest BCUT2D eigenvalue weighted by Gasteiger charge is 2.08. The van der Waals surface area contributed by atoms with E-state index in [9.17, 15) is 9.18 Å². The number of halogens is 1. The third kappa shape index (κ3) is 3.89. The summed E-state index contributed by atoms with van der Waals surface area (Å²) in [5.74, 6) is 4.86. The van der Waals surface area contributed by atoms with E-state index in [0.717, 1.165) is 5.56 Å². The van der Waals surface area contributed by atoms with Crippen LogP contribution in [0.15, 0.2) is 18.2 Å². The van der Waals surface area contributed by atoms with Crippen molar-refractivity contribution in [2.24, 2.45) is 5.84 Å². The molecule has 0 aliphatic carbocycles. The molecule has 0 bridgehead atoms. The van der Waals surface area contributed by atoms with Crippen LogP contribution in [0.4, 0.5) is 9.18 Å². The third-order valence-electron chi connectivity index (χ3n) is 2.50. The van der Waals surface area contributed by atoms with Crippen LogP contribution in [0.1, 0.15) is 12.5 Å². The first-order valence-electron chi connectivity index (χ1n) is 5.71. The van der Waals surface area contributed by atoms with Gasteiger partial charge in [-0.05, 0) is 31.0 Å². The van der Waals surface area contributed by atoms with Gasteiger partial charge >= 0.3 is 6.03 Å². The lowest BCUT2D eigenvalue weighted by atomic mass is 10.1. The van der Waals surface area contributed by atoms with Crippen molar-refractivity contribution in [2.75, 3.05) is 20.2 Å². The molecule has 1 rings (SSSR count). The van der Waals surface area contributed by atoms with Crippen molar-refractivity contribution < 1.29 is 13.9 Å². The number of carbonyl (C=O) groups is 1. The minimum Gasteiger partial charge on any atom is -0.491 e. The molecular weight excluding hydrogens is 237 g/mol. The van der Waals surface area contributed by atoms with Gasteiger partial charge in [0.25, 0.3) is 0 Å². The smallest absolute Gasteiger partial charge is 0.331 e. The van der Waals surface area contributed by atoms with Crippen LogP contribution in [-0.4, -0.2) is 31.1 Å². The molecule has 0 saturated carbocycles. The Hall–Kier alpha value is -1.82. The van der Waals surface area contributed by atoms with E-state index in [1.165, 1.54) is 11.0 Å². The minimum atomic E-state index is -0.389. The van der Waals surface area contributed by atoms with Crippen LogP contribution in [0.2, 0.25) is 0 Å². The topological polar surface area (TPSA) is 67.6 Å². The summed E-state index contributed by atoms with van der Waals surface area (Å²) in [5.41, 5.74) is 2.83. The van der Waals surface area contributed by atoms with E-state index in [0.29, 0.717) is 19.6 Å². The second kappa shape index (κ2) is 6.80. The first kappa shape index (κ1) is 14.2. The zero-order valence-electron chi connectivity index (χ0n) is 10.6. The fraction of sp³-hybridized carbons (Fsp3) is 0.417. The molecule has 0 aromatic heterocycles. The van der Waals surface area contributed by atoms with Crippen molar-refractivity contribution in [3.63, 3.8) is 0 Å². The number of benzene rings is 1. The van der Waals surface area contributed by atoms with Crippen LogP contribution < -0.4 is 16.0 Å². The molecule has 0 heterocycles. The highest BCUT2D eigenvalue weighted by molar-refractivity contribution is 5.73. The molecule has 5 nitrogen and oxygen atoms in total. The fourth-order valence-electron chi connectivity index (χ4n) is 1.48. The van der Waals surface area contributed by atoms with Crippen LogP contribution in [-0.2, 0) is 6.42 Å². The molecule has 100 valence electrons. The van der Waals surface area contributed by atoms with Crippen molar-refractivity contribution in [3.8, 4) is 5.75 Å². The van der Waals surface area contributed by atoms with Crippen molar-refractivity contribution in [1.29, 1.82) is 0 Å². The Morgan fingerprint density at radius 1 is 1.56 bits per heavy atom. The summed E-state index contributed by atoms with van der Waals surface area (Å²) in [4.78, 5) is 12.6. The molecule has 0 radical (unpaired) electrons. The van der Waals surface area contributed by atoms with Gasteiger partial charge in [-0.2, -0.15) is 0 Å². The van der Waals surface area contributed by atoms with E-state index in [-0.39, 0.29) is 17.6 Å². The predicted molar refractivity (Wildman–Crippen MR) is 66.6 cm³/mol. The summed E-state index contributed by atoms with van der Waals surface area (Å²) in [6.45, 7) is 2.68. The number of hydrogen-bond donors (Lipinski definition) is 2. The maximum absolute atomic E-state index is 13.5. The second-order valence-corrected chi connectivity index (χ2v) is 3.82. The highest BCUT2D eigenvalue weighted by atomic mass is 19.1. The van der Waals surface area contributed by atoms with Crippen LogP contribution in [0.3, 0.4) is 0 Å². The van der Waals surface area contributed by atoms with Gasteiger partial charge in [-0.15, -0.1) is 0 Å². The molecule has 18 heavy (non-hydrogen) atoms. The van der Waals surface area contributed by atoms with Gasteiger partial charge in [0.2, 0.25) is 0 Å². The maximum Gasteiger partial charge on any atom is 0.331 e. The van der Waals surface area contributed by atoms with E-state index in [1.54, 1.807) is 26.1 Å². The van der Waals surface area contributed by atoms with Gasteiger partial charge in [0.15, 0.2) is 11.6 Å². The average molecular weight is 255 g/mol. The average Bonchev–Trinajstić information content (AvgIpc) is 2.38. The maximum atomic E-state index is 13.5. The number of ether oxygens (including phenoxy) is 1. The molecule has 0 aliphatic rings. The van der Waals surface area contributed by atoms with Crippen LogP contribution in [0.5, 0.6) is 5.75 Å². The normalized spacial score (nSPS) is 10.0. The predicted octanol–water partition coefficient (Wildman–Crippen LogP) is 1.28. The number of urea groups is 1. The van der Waals surface area contributed by atoms with E-state index < -0.39 is 0 Å². The standard InChI is InChI=1S/C12H18FN3O2/c1-3-18-11-5-4-9(8-10(11)13)6-7-16(2)12(17)15-14/h4-5,8H,3,6-7,14H2,1-2H3,(H,15,17). The van der Waals surface area contributed by atoms with Gasteiger partial charge in [-0.25, -0.2) is 15.0 Å². The Bertz CT molecular complexity index is 412. The number of rotatable bonds is 5. The molecule has 0 fully saturated rings. The number of nitrogens with one attached hydrogen (secondary N) is 1. The van der Waals surface area contributed by atoms with Gasteiger partial charge in [-0.1, -0.05) is 6.07 Å². The molecule has 0 atom stereocenters.